The molecule has 2 unspecified atom stereocenters. The standard InChI is InChI=1S/C25H26N2O4S/c1-27-13-21(19-5-6-26-23(19)25(27)28)20-12-18(32(2,29)30)3-4-22(20)31-24-16-8-14-7-15(10-16)11-17(24)9-14/h3-6,12-16,26H,7-11H2,1-2H3. The first-order valence-electron chi connectivity index (χ1n) is 11.2. The largest absolute Gasteiger partial charge is 0.461 e. The van der Waals surface area contributed by atoms with Gasteiger partial charge in [0.1, 0.15) is 17.0 Å². The minimum Gasteiger partial charge on any atom is -0.461 e. The van der Waals surface area contributed by atoms with Gasteiger partial charge in [-0.15, -0.1) is 0 Å². The molecule has 4 aliphatic carbocycles. The Kier molecular flexibility index (Phi) is 4.25. The van der Waals surface area contributed by atoms with Gasteiger partial charge in [-0.2, -0.15) is 0 Å². The normalized spacial score (nSPS) is 24.5. The third-order valence-corrected chi connectivity index (χ3v) is 8.59. The third-order valence-electron chi connectivity index (χ3n) is 7.48. The molecule has 0 aliphatic heterocycles. The minimum atomic E-state index is -3.40. The van der Waals surface area contributed by atoms with E-state index in [2.05, 4.69) is 4.98 Å². The van der Waals surface area contributed by atoms with Crippen LogP contribution in [-0.2, 0) is 16.9 Å². The Labute approximate surface area is 186 Å². The Hall–Kier alpha value is -2.80. The average molecular weight is 451 g/mol. The zero-order valence-electron chi connectivity index (χ0n) is 18.2. The summed E-state index contributed by atoms with van der Waals surface area (Å²) in [5.41, 5.74) is 3.28. The van der Waals surface area contributed by atoms with Crippen molar-refractivity contribution in [3.8, 4) is 16.9 Å². The maximum Gasteiger partial charge on any atom is 0.274 e. The van der Waals surface area contributed by atoms with Crippen LogP contribution < -0.4 is 10.3 Å². The van der Waals surface area contributed by atoms with Gasteiger partial charge in [0, 0.05) is 48.1 Å². The Morgan fingerprint density at radius 3 is 2.50 bits per heavy atom. The van der Waals surface area contributed by atoms with Crippen LogP contribution in [0.4, 0.5) is 0 Å². The molecule has 7 rings (SSSR count). The molecule has 7 heteroatoms. The molecule has 6 nitrogen and oxygen atoms in total. The maximum atomic E-state index is 12.6. The molecule has 2 heterocycles. The van der Waals surface area contributed by atoms with Crippen molar-refractivity contribution in [2.45, 2.75) is 37.0 Å². The van der Waals surface area contributed by atoms with Gasteiger partial charge in [-0.05, 0) is 73.8 Å². The number of aromatic amines is 1. The molecule has 3 aromatic rings. The first-order valence-corrected chi connectivity index (χ1v) is 13.1. The van der Waals surface area contributed by atoms with E-state index in [4.69, 9.17) is 4.74 Å². The second-order valence-corrected chi connectivity index (χ2v) is 11.8. The fourth-order valence-corrected chi connectivity index (χ4v) is 6.83. The zero-order chi connectivity index (χ0) is 22.2. The van der Waals surface area contributed by atoms with Crippen molar-refractivity contribution >= 4 is 20.7 Å². The summed E-state index contributed by atoms with van der Waals surface area (Å²) < 4.78 is 32.8. The molecule has 4 aliphatic rings. The van der Waals surface area contributed by atoms with Crippen molar-refractivity contribution in [2.24, 2.45) is 24.8 Å². The molecular weight excluding hydrogens is 424 g/mol. The van der Waals surface area contributed by atoms with Gasteiger partial charge in [-0.3, -0.25) is 4.79 Å². The minimum absolute atomic E-state index is 0.124. The summed E-state index contributed by atoms with van der Waals surface area (Å²) in [4.78, 5) is 15.8. The van der Waals surface area contributed by atoms with Crippen LogP contribution in [0.2, 0.25) is 0 Å². The first-order chi connectivity index (χ1) is 15.3. The molecule has 1 N–H and O–H groups in total. The van der Waals surface area contributed by atoms with E-state index in [-0.39, 0.29) is 10.5 Å². The maximum absolute atomic E-state index is 12.6. The molecule has 1 aromatic carbocycles. The first kappa shape index (κ1) is 19.9. The molecular formula is C25H26N2O4S. The van der Waals surface area contributed by atoms with E-state index >= 15 is 0 Å². The molecule has 32 heavy (non-hydrogen) atoms. The lowest BCUT2D eigenvalue weighted by atomic mass is 9.60. The van der Waals surface area contributed by atoms with Crippen molar-refractivity contribution in [1.82, 2.24) is 9.55 Å². The van der Waals surface area contributed by atoms with Gasteiger partial charge in [0.15, 0.2) is 9.84 Å². The van der Waals surface area contributed by atoms with E-state index in [0.29, 0.717) is 22.7 Å². The van der Waals surface area contributed by atoms with E-state index in [1.54, 1.807) is 37.6 Å². The lowest BCUT2D eigenvalue weighted by Crippen LogP contribution is -2.36. The molecule has 0 amide bonds. The highest BCUT2D eigenvalue weighted by molar-refractivity contribution is 7.90. The van der Waals surface area contributed by atoms with Gasteiger partial charge in [0.2, 0.25) is 0 Å². The van der Waals surface area contributed by atoms with Gasteiger partial charge >= 0.3 is 0 Å². The number of aromatic nitrogens is 2. The number of rotatable bonds is 4. The van der Waals surface area contributed by atoms with Gasteiger partial charge in [-0.25, -0.2) is 8.42 Å². The van der Waals surface area contributed by atoms with E-state index in [1.165, 1.54) is 35.7 Å². The summed E-state index contributed by atoms with van der Waals surface area (Å²) in [5.74, 6) is 3.80. The van der Waals surface area contributed by atoms with E-state index < -0.39 is 9.84 Å². The van der Waals surface area contributed by atoms with Crippen molar-refractivity contribution in [2.75, 3.05) is 6.26 Å². The highest BCUT2D eigenvalue weighted by Crippen LogP contribution is 2.54. The zero-order valence-corrected chi connectivity index (χ0v) is 19.0. The number of hydrogen-bond acceptors (Lipinski definition) is 4. The lowest BCUT2D eigenvalue weighted by Gasteiger charge is -2.47. The topological polar surface area (TPSA) is 81.2 Å². The number of allylic oxidation sites excluding steroid dienone is 2. The van der Waals surface area contributed by atoms with E-state index in [1.807, 2.05) is 6.07 Å². The quantitative estimate of drug-likeness (QED) is 0.638. The van der Waals surface area contributed by atoms with Gasteiger partial charge in [-0.1, -0.05) is 0 Å². The predicted molar refractivity (Wildman–Crippen MR) is 123 cm³/mol. The Morgan fingerprint density at radius 2 is 1.81 bits per heavy atom. The number of fused-ring (bicyclic) bond motifs is 1. The fourth-order valence-electron chi connectivity index (χ4n) is 6.18. The monoisotopic (exact) mass is 450 g/mol. The van der Waals surface area contributed by atoms with Crippen LogP contribution in [0.3, 0.4) is 0 Å². The third kappa shape index (κ3) is 3.05. The van der Waals surface area contributed by atoms with Crippen LogP contribution in [0.15, 0.2) is 57.7 Å². The number of sulfone groups is 1. The smallest absolute Gasteiger partial charge is 0.274 e. The Bertz CT molecular complexity index is 1440. The van der Waals surface area contributed by atoms with Crippen molar-refractivity contribution in [3.63, 3.8) is 0 Å². The molecule has 2 aromatic heterocycles. The van der Waals surface area contributed by atoms with Crippen LogP contribution in [-0.4, -0.2) is 24.2 Å². The molecule has 0 spiro atoms. The summed E-state index contributed by atoms with van der Waals surface area (Å²) in [5, 5.41) is 0.756. The van der Waals surface area contributed by atoms with Crippen LogP contribution in [0.1, 0.15) is 32.1 Å². The van der Waals surface area contributed by atoms with E-state index in [0.717, 1.165) is 41.4 Å². The second-order valence-electron chi connectivity index (χ2n) is 9.77. The van der Waals surface area contributed by atoms with Crippen LogP contribution in [0.25, 0.3) is 22.0 Å². The molecule has 166 valence electrons. The summed E-state index contributed by atoms with van der Waals surface area (Å²) in [6.07, 6.45) is 10.7. The molecule has 0 radical (unpaired) electrons. The average Bonchev–Trinajstić information content (AvgIpc) is 3.22. The highest BCUT2D eigenvalue weighted by Gasteiger charge is 2.43. The predicted octanol–water partition coefficient (Wildman–Crippen LogP) is 4.41. The summed E-state index contributed by atoms with van der Waals surface area (Å²) >= 11 is 0. The summed E-state index contributed by atoms with van der Waals surface area (Å²) in [7, 11) is -1.70. The Morgan fingerprint density at radius 1 is 1.06 bits per heavy atom. The molecule has 2 fully saturated rings. The van der Waals surface area contributed by atoms with Crippen LogP contribution in [0, 0.1) is 17.8 Å². The van der Waals surface area contributed by atoms with Gasteiger partial charge in [0.05, 0.1) is 4.90 Å². The molecule has 0 saturated heterocycles. The van der Waals surface area contributed by atoms with Crippen LogP contribution >= 0.6 is 0 Å². The van der Waals surface area contributed by atoms with Crippen LogP contribution in [0.5, 0.6) is 5.75 Å². The Balaban J connectivity index is 1.54. The van der Waals surface area contributed by atoms with Crippen molar-refractivity contribution < 1.29 is 13.2 Å². The lowest BCUT2D eigenvalue weighted by molar-refractivity contribution is 0.119. The second kappa shape index (κ2) is 6.85. The molecule has 2 atom stereocenters. The van der Waals surface area contributed by atoms with Gasteiger partial charge in [0.25, 0.3) is 5.56 Å². The molecule has 4 bridgehead atoms. The summed E-state index contributed by atoms with van der Waals surface area (Å²) in [6.45, 7) is 0. The number of pyridine rings is 1. The highest BCUT2D eigenvalue weighted by atomic mass is 32.2. The number of ether oxygens (including phenoxy) is 1. The number of nitrogens with zero attached hydrogens (tertiary/aromatic N) is 1. The number of nitrogens with one attached hydrogen (secondary N) is 1. The SMILES string of the molecule is Cn1cc(-c2cc(S(C)(=O)=O)ccc2OC2=C3CC4CC(C3)CC2C4)c2cc[nH]c2c1=O. The number of aryl methyl sites for hydroxylation is 1. The number of H-pyrrole nitrogens is 1. The van der Waals surface area contributed by atoms with Gasteiger partial charge < -0.3 is 14.3 Å². The molecule has 2 saturated carbocycles. The number of hydrogen-bond donors (Lipinski definition) is 1. The van der Waals surface area contributed by atoms with Crippen molar-refractivity contribution in [3.05, 3.63) is 58.3 Å². The van der Waals surface area contributed by atoms with E-state index in [9.17, 15) is 13.2 Å². The summed E-state index contributed by atoms with van der Waals surface area (Å²) in [6, 6.07) is 6.92. The number of benzene rings is 1. The van der Waals surface area contributed by atoms with Crippen molar-refractivity contribution in [1.29, 1.82) is 0 Å². The fraction of sp³-hybridized carbons (Fsp3) is 0.400.